The summed E-state index contributed by atoms with van der Waals surface area (Å²) in [5.74, 6) is -0.646. The highest BCUT2D eigenvalue weighted by molar-refractivity contribution is 7.80. The van der Waals surface area contributed by atoms with Crippen LogP contribution in [0.1, 0.15) is 19.4 Å². The zero-order valence-electron chi connectivity index (χ0n) is 10.3. The fourth-order valence-electron chi connectivity index (χ4n) is 1.45. The molecule has 0 radical (unpaired) electrons. The molecule has 0 aliphatic carbocycles. The van der Waals surface area contributed by atoms with E-state index in [0.29, 0.717) is 12.2 Å². The number of nitrogens with one attached hydrogen (secondary N) is 2. The summed E-state index contributed by atoms with van der Waals surface area (Å²) in [4.78, 5) is 11.5. The van der Waals surface area contributed by atoms with Gasteiger partial charge in [0.2, 0.25) is 5.91 Å². The van der Waals surface area contributed by atoms with Gasteiger partial charge >= 0.3 is 0 Å². The van der Waals surface area contributed by atoms with Gasteiger partial charge in [0, 0.05) is 17.8 Å². The molecule has 1 atom stereocenters. The minimum absolute atomic E-state index is 0.0100. The molecular weight excluding hydrogens is 253 g/mol. The molecule has 0 aliphatic rings. The third-order valence-corrected chi connectivity index (χ3v) is 2.58. The second-order valence-electron chi connectivity index (χ2n) is 3.82. The van der Waals surface area contributed by atoms with Gasteiger partial charge in [0.15, 0.2) is 0 Å². The van der Waals surface area contributed by atoms with Crippen LogP contribution in [0.25, 0.3) is 0 Å². The highest BCUT2D eigenvalue weighted by Crippen LogP contribution is 2.15. The third-order valence-electron chi connectivity index (χ3n) is 2.36. The molecule has 0 aromatic heterocycles. The molecule has 0 aliphatic heterocycles. The van der Waals surface area contributed by atoms with Gasteiger partial charge in [-0.15, -0.1) is 0 Å². The Morgan fingerprint density at radius 1 is 1.56 bits per heavy atom. The van der Waals surface area contributed by atoms with E-state index in [1.807, 2.05) is 6.92 Å². The minimum Gasteiger partial charge on any atom is -0.389 e. The summed E-state index contributed by atoms with van der Waals surface area (Å²) in [5.41, 5.74) is 6.06. The largest absolute Gasteiger partial charge is 0.389 e. The Balaban J connectivity index is 2.77. The fraction of sp³-hybridized carbons (Fsp3) is 0.333. The Morgan fingerprint density at radius 2 is 2.22 bits per heavy atom. The summed E-state index contributed by atoms with van der Waals surface area (Å²) in [6, 6.07) is 3.95. The summed E-state index contributed by atoms with van der Waals surface area (Å²) in [5, 5.41) is 5.57. The van der Waals surface area contributed by atoms with Crippen molar-refractivity contribution in [2.24, 2.45) is 5.73 Å². The van der Waals surface area contributed by atoms with Crippen molar-refractivity contribution < 1.29 is 9.18 Å². The van der Waals surface area contributed by atoms with Crippen LogP contribution in [0.4, 0.5) is 10.1 Å². The first-order valence-corrected chi connectivity index (χ1v) is 6.00. The minimum atomic E-state index is -0.504. The van der Waals surface area contributed by atoms with Crippen molar-refractivity contribution in [3.63, 3.8) is 0 Å². The molecular formula is C12H16FN3OS. The predicted molar refractivity (Wildman–Crippen MR) is 74.1 cm³/mol. The molecule has 6 heteroatoms. The van der Waals surface area contributed by atoms with Crippen molar-refractivity contribution in [2.75, 3.05) is 11.9 Å². The van der Waals surface area contributed by atoms with Crippen LogP contribution in [0.2, 0.25) is 0 Å². The van der Waals surface area contributed by atoms with Crippen LogP contribution in [0.15, 0.2) is 18.2 Å². The van der Waals surface area contributed by atoms with Crippen molar-refractivity contribution in [1.82, 2.24) is 5.32 Å². The molecule has 98 valence electrons. The quantitative estimate of drug-likeness (QED) is 0.707. The molecule has 4 N–H and O–H groups in total. The average Bonchev–Trinajstić information content (AvgIpc) is 2.28. The van der Waals surface area contributed by atoms with Crippen molar-refractivity contribution in [3.05, 3.63) is 29.6 Å². The number of carbonyl (C=O) groups excluding carboxylic acids is 1. The number of thiocarbonyl (C=S) groups is 1. The van der Waals surface area contributed by atoms with E-state index in [4.69, 9.17) is 18.0 Å². The van der Waals surface area contributed by atoms with E-state index in [1.165, 1.54) is 12.1 Å². The van der Waals surface area contributed by atoms with E-state index >= 15 is 0 Å². The highest BCUT2D eigenvalue weighted by Gasteiger charge is 2.12. The summed E-state index contributed by atoms with van der Waals surface area (Å²) < 4.78 is 13.6. The Morgan fingerprint density at radius 3 is 2.72 bits per heavy atom. The number of nitrogens with two attached hydrogens (primary N) is 1. The summed E-state index contributed by atoms with van der Waals surface area (Å²) in [6.07, 6.45) is 0. The molecule has 1 amide bonds. The molecule has 1 aromatic carbocycles. The van der Waals surface area contributed by atoms with Crippen molar-refractivity contribution in [1.29, 1.82) is 0 Å². The second kappa shape index (κ2) is 6.30. The number of benzene rings is 1. The lowest BCUT2D eigenvalue weighted by Crippen LogP contribution is -2.37. The van der Waals surface area contributed by atoms with Crippen LogP contribution in [0.5, 0.6) is 0 Å². The molecule has 0 saturated carbocycles. The fourth-order valence-corrected chi connectivity index (χ4v) is 1.61. The van der Waals surface area contributed by atoms with E-state index in [9.17, 15) is 9.18 Å². The van der Waals surface area contributed by atoms with Gasteiger partial charge in [-0.2, -0.15) is 0 Å². The lowest BCUT2D eigenvalue weighted by atomic mass is 10.1. The van der Waals surface area contributed by atoms with Gasteiger partial charge in [-0.1, -0.05) is 12.2 Å². The normalized spacial score (nSPS) is 11.7. The zero-order valence-corrected chi connectivity index (χ0v) is 11.1. The Labute approximate surface area is 111 Å². The third kappa shape index (κ3) is 3.66. The van der Waals surface area contributed by atoms with Gasteiger partial charge in [0.1, 0.15) is 16.8 Å². The number of amides is 1. The number of hydrogen-bond donors (Lipinski definition) is 3. The maximum absolute atomic E-state index is 13.6. The lowest BCUT2D eigenvalue weighted by Gasteiger charge is -2.15. The second-order valence-corrected chi connectivity index (χ2v) is 4.26. The molecule has 1 unspecified atom stereocenters. The number of likely N-dealkylation sites (N-methyl/N-ethyl adjacent to an activating group) is 1. The van der Waals surface area contributed by atoms with Gasteiger partial charge < -0.3 is 16.4 Å². The summed E-state index contributed by atoms with van der Waals surface area (Å²) in [6.45, 7) is 4.09. The molecule has 4 nitrogen and oxygen atoms in total. The zero-order chi connectivity index (χ0) is 13.7. The first-order chi connectivity index (χ1) is 8.45. The first kappa shape index (κ1) is 14.4. The van der Waals surface area contributed by atoms with E-state index in [-0.39, 0.29) is 16.5 Å². The Hall–Kier alpha value is -1.69. The average molecular weight is 269 g/mol. The molecule has 0 spiro atoms. The number of carbonyl (C=O) groups is 1. The topological polar surface area (TPSA) is 67.2 Å². The van der Waals surface area contributed by atoms with E-state index < -0.39 is 11.9 Å². The number of halogens is 1. The smallest absolute Gasteiger partial charge is 0.242 e. The highest BCUT2D eigenvalue weighted by atomic mass is 32.1. The standard InChI is InChI=1S/C12H16FN3OS/c1-3-15-12(17)7(2)16-8-4-5-9(11(14)18)10(13)6-8/h4-7,16H,3H2,1-2H3,(H2,14,18)(H,15,17). The Kier molecular flexibility index (Phi) is 5.03. The summed E-state index contributed by atoms with van der Waals surface area (Å²) >= 11 is 4.71. The van der Waals surface area contributed by atoms with Crippen molar-refractivity contribution >= 4 is 28.8 Å². The van der Waals surface area contributed by atoms with Crippen LogP contribution in [0.3, 0.4) is 0 Å². The van der Waals surface area contributed by atoms with Crippen LogP contribution < -0.4 is 16.4 Å². The van der Waals surface area contributed by atoms with Crippen molar-refractivity contribution in [2.45, 2.75) is 19.9 Å². The molecule has 1 aromatic rings. The van der Waals surface area contributed by atoms with Gasteiger partial charge in [-0.25, -0.2) is 4.39 Å². The van der Waals surface area contributed by atoms with Gasteiger partial charge in [0.25, 0.3) is 0 Å². The van der Waals surface area contributed by atoms with E-state index in [1.54, 1.807) is 13.0 Å². The number of rotatable bonds is 5. The predicted octanol–water partition coefficient (Wildman–Crippen LogP) is 1.40. The molecule has 0 bridgehead atoms. The molecule has 0 saturated heterocycles. The number of hydrogen-bond acceptors (Lipinski definition) is 3. The van der Waals surface area contributed by atoms with Crippen LogP contribution in [0, 0.1) is 5.82 Å². The van der Waals surface area contributed by atoms with E-state index in [2.05, 4.69) is 10.6 Å². The molecule has 0 fully saturated rings. The maximum atomic E-state index is 13.6. The monoisotopic (exact) mass is 269 g/mol. The van der Waals surface area contributed by atoms with Gasteiger partial charge in [0.05, 0.1) is 0 Å². The SMILES string of the molecule is CCNC(=O)C(C)Nc1ccc(C(N)=S)c(F)c1. The van der Waals surface area contributed by atoms with Crippen LogP contribution >= 0.6 is 12.2 Å². The van der Waals surface area contributed by atoms with Gasteiger partial charge in [-0.3, -0.25) is 4.79 Å². The maximum Gasteiger partial charge on any atom is 0.242 e. The molecule has 1 rings (SSSR count). The lowest BCUT2D eigenvalue weighted by molar-refractivity contribution is -0.121. The summed E-state index contributed by atoms with van der Waals surface area (Å²) in [7, 11) is 0. The Bertz CT molecular complexity index is 465. The van der Waals surface area contributed by atoms with E-state index in [0.717, 1.165) is 0 Å². The number of anilines is 1. The van der Waals surface area contributed by atoms with Crippen LogP contribution in [-0.2, 0) is 4.79 Å². The molecule has 0 heterocycles. The first-order valence-electron chi connectivity index (χ1n) is 5.59. The molecule has 18 heavy (non-hydrogen) atoms. The van der Waals surface area contributed by atoms with Gasteiger partial charge in [-0.05, 0) is 32.0 Å². The van der Waals surface area contributed by atoms with Crippen LogP contribution in [-0.4, -0.2) is 23.5 Å². The van der Waals surface area contributed by atoms with Crippen molar-refractivity contribution in [3.8, 4) is 0 Å².